The van der Waals surface area contributed by atoms with Crippen molar-refractivity contribution in [1.29, 1.82) is 0 Å². The number of benzene rings is 2. The van der Waals surface area contributed by atoms with Gasteiger partial charge in [0.05, 0.1) is 4.90 Å². The number of sulfonamides is 1. The lowest BCUT2D eigenvalue weighted by atomic mass is 10.2. The second-order valence-electron chi connectivity index (χ2n) is 4.58. The molecular formula is C14H14Br2N2O2S. The van der Waals surface area contributed by atoms with Crippen LogP contribution in [0.4, 0.5) is 5.69 Å². The molecule has 0 radical (unpaired) electrons. The van der Waals surface area contributed by atoms with Crippen LogP contribution >= 0.6 is 31.9 Å². The Hall–Kier alpha value is -0.890. The summed E-state index contributed by atoms with van der Waals surface area (Å²) in [6.07, 6.45) is 0. The molecule has 7 heteroatoms. The summed E-state index contributed by atoms with van der Waals surface area (Å²) in [7, 11) is -2.02. The van der Waals surface area contributed by atoms with Gasteiger partial charge in [-0.1, -0.05) is 28.1 Å². The van der Waals surface area contributed by atoms with Crippen LogP contribution in [0.2, 0.25) is 0 Å². The molecule has 0 bridgehead atoms. The molecule has 0 heterocycles. The van der Waals surface area contributed by atoms with Gasteiger partial charge in [-0.15, -0.1) is 0 Å². The Morgan fingerprint density at radius 1 is 1.10 bits per heavy atom. The van der Waals surface area contributed by atoms with E-state index in [-0.39, 0.29) is 11.4 Å². The van der Waals surface area contributed by atoms with E-state index >= 15 is 0 Å². The molecule has 0 aliphatic rings. The molecule has 2 aromatic carbocycles. The van der Waals surface area contributed by atoms with Gasteiger partial charge in [-0.25, -0.2) is 8.42 Å². The summed E-state index contributed by atoms with van der Waals surface area (Å²) in [6, 6.07) is 12.2. The molecule has 0 atom stereocenters. The fourth-order valence-corrected chi connectivity index (χ4v) is 4.43. The number of hydrogen-bond acceptors (Lipinski definition) is 3. The monoisotopic (exact) mass is 432 g/mol. The van der Waals surface area contributed by atoms with E-state index in [1.54, 1.807) is 37.4 Å². The van der Waals surface area contributed by atoms with Gasteiger partial charge >= 0.3 is 0 Å². The number of hydrogen-bond donors (Lipinski definition) is 1. The molecule has 0 aliphatic heterocycles. The zero-order valence-corrected chi connectivity index (χ0v) is 15.2. The number of nitrogens with two attached hydrogens (primary N) is 1. The molecule has 2 N–H and O–H groups in total. The number of nitrogen functional groups attached to an aromatic ring is 1. The van der Waals surface area contributed by atoms with E-state index < -0.39 is 10.0 Å². The third-order valence-corrected chi connectivity index (χ3v) is 6.26. The maximum absolute atomic E-state index is 12.6. The van der Waals surface area contributed by atoms with Gasteiger partial charge < -0.3 is 5.73 Å². The van der Waals surface area contributed by atoms with Gasteiger partial charge in [0.25, 0.3) is 0 Å². The summed E-state index contributed by atoms with van der Waals surface area (Å²) in [5, 5.41) is 0. The Bertz CT molecular complexity index is 746. The highest BCUT2D eigenvalue weighted by Crippen LogP contribution is 2.28. The maximum Gasteiger partial charge on any atom is 0.244 e. The first-order valence-electron chi connectivity index (χ1n) is 6.06. The predicted octanol–water partition coefficient (Wildman–Crippen LogP) is 3.61. The van der Waals surface area contributed by atoms with Crippen molar-refractivity contribution in [3.8, 4) is 0 Å². The summed E-state index contributed by atoms with van der Waals surface area (Å²) in [6.45, 7) is 0.279. The van der Waals surface area contributed by atoms with E-state index in [1.807, 2.05) is 12.1 Å². The largest absolute Gasteiger partial charge is 0.399 e. The number of nitrogens with zero attached hydrogens (tertiary/aromatic N) is 1. The quantitative estimate of drug-likeness (QED) is 0.749. The second kappa shape index (κ2) is 6.48. The van der Waals surface area contributed by atoms with E-state index in [9.17, 15) is 8.42 Å². The Balaban J connectivity index is 2.30. The average Bonchev–Trinajstić information content (AvgIpc) is 2.43. The van der Waals surface area contributed by atoms with Crippen LogP contribution in [0.25, 0.3) is 0 Å². The highest BCUT2D eigenvalue weighted by Gasteiger charge is 2.23. The zero-order chi connectivity index (χ0) is 15.6. The van der Waals surface area contributed by atoms with Gasteiger partial charge in [0, 0.05) is 28.2 Å². The van der Waals surface area contributed by atoms with E-state index in [0.29, 0.717) is 14.6 Å². The Morgan fingerprint density at radius 2 is 1.71 bits per heavy atom. The molecule has 21 heavy (non-hydrogen) atoms. The third-order valence-electron chi connectivity index (χ3n) is 2.97. The lowest BCUT2D eigenvalue weighted by Gasteiger charge is -2.18. The summed E-state index contributed by atoms with van der Waals surface area (Å²) >= 11 is 6.58. The van der Waals surface area contributed by atoms with Crippen molar-refractivity contribution in [3.63, 3.8) is 0 Å². The Labute approximate surface area is 141 Å². The number of halogens is 2. The van der Waals surface area contributed by atoms with Gasteiger partial charge in [-0.2, -0.15) is 4.31 Å². The molecule has 0 unspecified atom stereocenters. The smallest absolute Gasteiger partial charge is 0.244 e. The van der Waals surface area contributed by atoms with Crippen LogP contribution in [0.1, 0.15) is 5.56 Å². The highest BCUT2D eigenvalue weighted by molar-refractivity contribution is 9.11. The summed E-state index contributed by atoms with van der Waals surface area (Å²) < 4.78 is 27.8. The highest BCUT2D eigenvalue weighted by atomic mass is 79.9. The lowest BCUT2D eigenvalue weighted by Crippen LogP contribution is -2.26. The van der Waals surface area contributed by atoms with Crippen molar-refractivity contribution in [2.24, 2.45) is 0 Å². The fraction of sp³-hybridized carbons (Fsp3) is 0.143. The first-order valence-corrected chi connectivity index (χ1v) is 9.09. The normalized spacial score (nSPS) is 11.8. The first kappa shape index (κ1) is 16.5. The molecule has 0 amide bonds. The fourth-order valence-electron chi connectivity index (χ4n) is 1.81. The lowest BCUT2D eigenvalue weighted by molar-refractivity contribution is 0.466. The summed E-state index contributed by atoms with van der Waals surface area (Å²) in [5.74, 6) is 0. The van der Waals surface area contributed by atoms with Gasteiger partial charge in [0.15, 0.2) is 0 Å². The molecular weight excluding hydrogens is 420 g/mol. The third kappa shape index (κ3) is 3.85. The summed E-state index contributed by atoms with van der Waals surface area (Å²) in [4.78, 5) is 0.231. The first-order chi connectivity index (χ1) is 9.80. The maximum atomic E-state index is 12.6. The predicted molar refractivity (Wildman–Crippen MR) is 91.3 cm³/mol. The molecule has 2 aromatic rings. The minimum absolute atomic E-state index is 0.231. The topological polar surface area (TPSA) is 63.4 Å². The molecule has 4 nitrogen and oxygen atoms in total. The minimum atomic E-state index is -3.58. The van der Waals surface area contributed by atoms with E-state index in [4.69, 9.17) is 5.73 Å². The number of rotatable bonds is 4. The van der Waals surface area contributed by atoms with Gasteiger partial charge in [-0.3, -0.25) is 0 Å². The Kier molecular flexibility index (Phi) is 5.08. The molecule has 0 aromatic heterocycles. The molecule has 0 spiro atoms. The van der Waals surface area contributed by atoms with Crippen molar-refractivity contribution in [3.05, 3.63) is 57.0 Å². The van der Waals surface area contributed by atoms with Gasteiger partial charge in [0.2, 0.25) is 10.0 Å². The van der Waals surface area contributed by atoms with Crippen LogP contribution in [0, 0.1) is 0 Å². The molecule has 2 rings (SSSR count). The van der Waals surface area contributed by atoms with Crippen LogP contribution in [0.5, 0.6) is 0 Å². The second-order valence-corrected chi connectivity index (χ2v) is 8.36. The molecule has 112 valence electrons. The molecule has 0 aliphatic carbocycles. The minimum Gasteiger partial charge on any atom is -0.399 e. The van der Waals surface area contributed by atoms with E-state index in [0.717, 1.165) is 5.56 Å². The Morgan fingerprint density at radius 3 is 2.33 bits per heavy atom. The standard InChI is InChI=1S/C14H14Br2N2O2S/c1-18(9-10-2-5-12(17)6-3-10)21(19,20)14-8-11(15)4-7-13(14)16/h2-8H,9,17H2,1H3. The SMILES string of the molecule is CN(Cc1ccc(N)cc1)S(=O)(=O)c1cc(Br)ccc1Br. The van der Waals surface area contributed by atoms with Crippen molar-refractivity contribution in [2.45, 2.75) is 11.4 Å². The van der Waals surface area contributed by atoms with Gasteiger partial charge in [-0.05, 0) is 51.8 Å². The summed E-state index contributed by atoms with van der Waals surface area (Å²) in [5.41, 5.74) is 7.16. The van der Waals surface area contributed by atoms with Gasteiger partial charge in [0.1, 0.15) is 0 Å². The van der Waals surface area contributed by atoms with Crippen molar-refractivity contribution < 1.29 is 8.42 Å². The van der Waals surface area contributed by atoms with Crippen LogP contribution in [-0.2, 0) is 16.6 Å². The number of anilines is 1. The van der Waals surface area contributed by atoms with Crippen molar-refractivity contribution in [2.75, 3.05) is 12.8 Å². The molecule has 0 saturated carbocycles. The van der Waals surface area contributed by atoms with Crippen LogP contribution in [0.15, 0.2) is 56.3 Å². The van der Waals surface area contributed by atoms with Crippen LogP contribution in [0.3, 0.4) is 0 Å². The van der Waals surface area contributed by atoms with Crippen LogP contribution < -0.4 is 5.73 Å². The van der Waals surface area contributed by atoms with Crippen molar-refractivity contribution in [1.82, 2.24) is 4.31 Å². The van der Waals surface area contributed by atoms with Crippen LogP contribution in [-0.4, -0.2) is 19.8 Å². The van der Waals surface area contributed by atoms with E-state index in [1.165, 1.54) is 4.31 Å². The molecule has 0 saturated heterocycles. The van der Waals surface area contributed by atoms with Crippen molar-refractivity contribution >= 4 is 47.6 Å². The average molecular weight is 434 g/mol. The zero-order valence-electron chi connectivity index (χ0n) is 11.3. The van der Waals surface area contributed by atoms with E-state index in [2.05, 4.69) is 31.9 Å². The molecule has 0 fully saturated rings.